The number of piperidine rings is 1. The lowest BCUT2D eigenvalue weighted by Gasteiger charge is -2.26. The van der Waals surface area contributed by atoms with Crippen molar-refractivity contribution in [3.63, 3.8) is 0 Å². The van der Waals surface area contributed by atoms with E-state index in [4.69, 9.17) is 16.3 Å². The van der Waals surface area contributed by atoms with Gasteiger partial charge in [-0.1, -0.05) is 36.2 Å². The van der Waals surface area contributed by atoms with Crippen LogP contribution in [-0.2, 0) is 16.4 Å². The fourth-order valence-electron chi connectivity index (χ4n) is 3.68. The highest BCUT2D eigenvalue weighted by Gasteiger charge is 2.27. The average Bonchev–Trinajstić information content (AvgIpc) is 2.78. The van der Waals surface area contributed by atoms with E-state index in [0.29, 0.717) is 26.2 Å². The number of sulfonamides is 1. The largest absolute Gasteiger partial charge is 0.494 e. The lowest BCUT2D eigenvalue weighted by atomic mass is 10.1. The fraction of sp³-hybridized carbons (Fsp3) is 0.435. The molecule has 8 heteroatoms. The number of rotatable bonds is 9. The van der Waals surface area contributed by atoms with Crippen LogP contribution in [0.4, 0.5) is 0 Å². The molecule has 0 spiro atoms. The Balaban J connectivity index is 1.62. The summed E-state index contributed by atoms with van der Waals surface area (Å²) in [6.45, 7) is 4.01. The van der Waals surface area contributed by atoms with Crippen LogP contribution in [0.15, 0.2) is 47.4 Å². The SMILES string of the molecule is CCOc1ccccc1CCCNC(=O)c1cc(S(=O)(=O)N2CCCCC2)ccc1Cl. The molecule has 0 bridgehead atoms. The number of carbonyl (C=O) groups is 1. The molecule has 1 aliphatic rings. The molecule has 0 aromatic heterocycles. The first-order chi connectivity index (χ1) is 14.9. The summed E-state index contributed by atoms with van der Waals surface area (Å²) in [5, 5.41) is 3.08. The minimum atomic E-state index is -3.63. The molecule has 31 heavy (non-hydrogen) atoms. The molecule has 0 radical (unpaired) electrons. The van der Waals surface area contributed by atoms with Crippen LogP contribution in [0.2, 0.25) is 5.02 Å². The van der Waals surface area contributed by atoms with Crippen LogP contribution >= 0.6 is 11.6 Å². The van der Waals surface area contributed by atoms with Crippen LogP contribution in [-0.4, -0.2) is 44.9 Å². The minimum absolute atomic E-state index is 0.106. The first kappa shape index (κ1) is 23.6. The summed E-state index contributed by atoms with van der Waals surface area (Å²) in [5.74, 6) is 0.480. The Labute approximate surface area is 189 Å². The number of hydrogen-bond acceptors (Lipinski definition) is 4. The van der Waals surface area contributed by atoms with Crippen molar-refractivity contribution in [1.29, 1.82) is 0 Å². The number of para-hydroxylation sites is 1. The molecule has 6 nitrogen and oxygen atoms in total. The van der Waals surface area contributed by atoms with Gasteiger partial charge in [0.05, 0.1) is 22.1 Å². The first-order valence-corrected chi connectivity index (χ1v) is 12.5. The predicted octanol–water partition coefficient (Wildman–Crippen LogP) is 4.28. The number of benzene rings is 2. The molecule has 3 rings (SSSR count). The molecule has 168 valence electrons. The van der Waals surface area contributed by atoms with Crippen molar-refractivity contribution in [3.8, 4) is 5.75 Å². The first-order valence-electron chi connectivity index (χ1n) is 10.7. The summed E-state index contributed by atoms with van der Waals surface area (Å²) in [5.41, 5.74) is 1.26. The van der Waals surface area contributed by atoms with E-state index in [2.05, 4.69) is 5.32 Å². The van der Waals surface area contributed by atoms with Crippen molar-refractivity contribution in [1.82, 2.24) is 9.62 Å². The van der Waals surface area contributed by atoms with E-state index in [1.54, 1.807) is 0 Å². The van der Waals surface area contributed by atoms with Crippen molar-refractivity contribution in [2.45, 2.75) is 43.9 Å². The molecule has 1 heterocycles. The topological polar surface area (TPSA) is 75.7 Å². The smallest absolute Gasteiger partial charge is 0.252 e. The van der Waals surface area contributed by atoms with E-state index in [1.165, 1.54) is 22.5 Å². The average molecular weight is 465 g/mol. The van der Waals surface area contributed by atoms with Gasteiger partial charge in [0.2, 0.25) is 10.0 Å². The fourth-order valence-corrected chi connectivity index (χ4v) is 5.42. The predicted molar refractivity (Wildman–Crippen MR) is 122 cm³/mol. The van der Waals surface area contributed by atoms with Crippen LogP contribution in [0, 0.1) is 0 Å². The normalized spacial score (nSPS) is 14.9. The van der Waals surface area contributed by atoms with E-state index in [-0.39, 0.29) is 21.4 Å². The number of aryl methyl sites for hydroxylation is 1. The highest BCUT2D eigenvalue weighted by molar-refractivity contribution is 7.89. The summed E-state index contributed by atoms with van der Waals surface area (Å²) in [7, 11) is -3.63. The maximum atomic E-state index is 12.9. The van der Waals surface area contributed by atoms with Crippen molar-refractivity contribution < 1.29 is 17.9 Å². The summed E-state index contributed by atoms with van der Waals surface area (Å²) in [6, 6.07) is 12.2. The van der Waals surface area contributed by atoms with Gasteiger partial charge in [0, 0.05) is 19.6 Å². The molecule has 0 atom stereocenters. The molecule has 1 aliphatic heterocycles. The van der Waals surface area contributed by atoms with Gasteiger partial charge in [-0.2, -0.15) is 4.31 Å². The lowest BCUT2D eigenvalue weighted by Crippen LogP contribution is -2.35. The van der Waals surface area contributed by atoms with Crippen LogP contribution in [0.5, 0.6) is 5.75 Å². The van der Waals surface area contributed by atoms with Gasteiger partial charge < -0.3 is 10.1 Å². The number of hydrogen-bond donors (Lipinski definition) is 1. The van der Waals surface area contributed by atoms with Gasteiger partial charge in [-0.25, -0.2) is 8.42 Å². The number of nitrogens with zero attached hydrogens (tertiary/aromatic N) is 1. The zero-order valence-electron chi connectivity index (χ0n) is 17.8. The number of ether oxygens (including phenoxy) is 1. The van der Waals surface area contributed by atoms with E-state index >= 15 is 0 Å². The highest BCUT2D eigenvalue weighted by atomic mass is 35.5. The monoisotopic (exact) mass is 464 g/mol. The zero-order valence-corrected chi connectivity index (χ0v) is 19.3. The molecular formula is C23H29ClN2O4S. The van der Waals surface area contributed by atoms with Crippen LogP contribution in [0.1, 0.15) is 48.5 Å². The van der Waals surface area contributed by atoms with Gasteiger partial charge in [-0.3, -0.25) is 4.79 Å². The summed E-state index contributed by atoms with van der Waals surface area (Å²) >= 11 is 6.21. The summed E-state index contributed by atoms with van der Waals surface area (Å²) in [4.78, 5) is 12.8. The molecule has 0 saturated carbocycles. The quantitative estimate of drug-likeness (QED) is 0.562. The second-order valence-corrected chi connectivity index (χ2v) is 9.85. The van der Waals surface area contributed by atoms with E-state index in [1.807, 2.05) is 31.2 Å². The number of amides is 1. The van der Waals surface area contributed by atoms with Gasteiger partial charge in [-0.05, 0) is 62.4 Å². The number of halogens is 1. The molecule has 0 aliphatic carbocycles. The molecule has 2 aromatic carbocycles. The minimum Gasteiger partial charge on any atom is -0.494 e. The highest BCUT2D eigenvalue weighted by Crippen LogP contribution is 2.25. The third-order valence-corrected chi connectivity index (χ3v) is 7.54. The van der Waals surface area contributed by atoms with E-state index < -0.39 is 10.0 Å². The maximum Gasteiger partial charge on any atom is 0.252 e. The van der Waals surface area contributed by atoms with Gasteiger partial charge >= 0.3 is 0 Å². The Morgan fingerprint density at radius 1 is 1.13 bits per heavy atom. The van der Waals surface area contributed by atoms with Gasteiger partial charge in [0.15, 0.2) is 0 Å². The second-order valence-electron chi connectivity index (χ2n) is 7.51. The molecule has 0 unspecified atom stereocenters. The molecule has 1 N–H and O–H groups in total. The van der Waals surface area contributed by atoms with Crippen LogP contribution < -0.4 is 10.1 Å². The van der Waals surface area contributed by atoms with Crippen molar-refractivity contribution >= 4 is 27.5 Å². The number of carbonyl (C=O) groups excluding carboxylic acids is 1. The van der Waals surface area contributed by atoms with E-state index in [0.717, 1.165) is 43.4 Å². The van der Waals surface area contributed by atoms with Crippen molar-refractivity contribution in [2.24, 2.45) is 0 Å². The molecule has 1 saturated heterocycles. The molecule has 1 amide bonds. The van der Waals surface area contributed by atoms with Crippen molar-refractivity contribution in [3.05, 3.63) is 58.6 Å². The maximum absolute atomic E-state index is 12.9. The number of nitrogens with one attached hydrogen (secondary N) is 1. The Hall–Kier alpha value is -2.09. The second kappa shape index (κ2) is 11.0. The Morgan fingerprint density at radius 3 is 2.61 bits per heavy atom. The third-order valence-electron chi connectivity index (χ3n) is 5.32. The van der Waals surface area contributed by atoms with Crippen LogP contribution in [0.3, 0.4) is 0 Å². The Morgan fingerprint density at radius 2 is 1.87 bits per heavy atom. The molecular weight excluding hydrogens is 436 g/mol. The third kappa shape index (κ3) is 5.99. The van der Waals surface area contributed by atoms with Gasteiger partial charge in [-0.15, -0.1) is 0 Å². The van der Waals surface area contributed by atoms with Gasteiger partial charge in [0.1, 0.15) is 5.75 Å². The Bertz CT molecular complexity index is 1000. The Kier molecular flexibility index (Phi) is 8.35. The standard InChI is InChI=1S/C23H29ClN2O4S/c1-2-30-22-11-5-4-9-18(22)10-8-14-25-23(27)20-17-19(12-13-21(20)24)31(28,29)26-15-6-3-7-16-26/h4-5,9,11-13,17H,2-3,6-8,10,14-16H2,1H3,(H,25,27). The molecule has 1 fully saturated rings. The molecule has 2 aromatic rings. The van der Waals surface area contributed by atoms with Crippen molar-refractivity contribution in [2.75, 3.05) is 26.2 Å². The van der Waals surface area contributed by atoms with Gasteiger partial charge in [0.25, 0.3) is 5.91 Å². The summed E-state index contributed by atoms with van der Waals surface area (Å²) < 4.78 is 32.9. The summed E-state index contributed by atoms with van der Waals surface area (Å²) in [6.07, 6.45) is 4.22. The van der Waals surface area contributed by atoms with Crippen LogP contribution in [0.25, 0.3) is 0 Å². The zero-order chi connectivity index (χ0) is 22.3. The lowest BCUT2D eigenvalue weighted by molar-refractivity contribution is 0.0953. The van der Waals surface area contributed by atoms with E-state index in [9.17, 15) is 13.2 Å².